The maximum absolute atomic E-state index is 12.2. The van der Waals surface area contributed by atoms with Gasteiger partial charge >= 0.3 is 0 Å². The van der Waals surface area contributed by atoms with Crippen molar-refractivity contribution >= 4 is 33.0 Å². The summed E-state index contributed by atoms with van der Waals surface area (Å²) in [6, 6.07) is 0. The Morgan fingerprint density at radius 2 is 2.00 bits per heavy atom. The molecule has 0 spiro atoms. The van der Waals surface area contributed by atoms with Crippen molar-refractivity contribution in [2.45, 2.75) is 37.8 Å². The summed E-state index contributed by atoms with van der Waals surface area (Å²) < 4.78 is 27.2. The van der Waals surface area contributed by atoms with Crippen LogP contribution in [0.15, 0.2) is 4.21 Å². The Bertz CT molecular complexity index is 516. The Kier molecular flexibility index (Phi) is 5.76. The van der Waals surface area contributed by atoms with E-state index in [1.165, 1.54) is 0 Å². The number of thiazole rings is 1. The van der Waals surface area contributed by atoms with E-state index in [0.29, 0.717) is 18.5 Å². The number of aliphatic hydroxyl groups is 1. The Morgan fingerprint density at radius 1 is 1.42 bits per heavy atom. The van der Waals surface area contributed by atoms with Gasteiger partial charge in [-0.15, -0.1) is 0 Å². The predicted octanol–water partition coefficient (Wildman–Crippen LogP) is 2.18. The van der Waals surface area contributed by atoms with Crippen LogP contribution in [0.2, 0.25) is 4.47 Å². The summed E-state index contributed by atoms with van der Waals surface area (Å²) >= 11 is 6.65. The fraction of sp³-hybridized carbons (Fsp3) is 0.727. The van der Waals surface area contributed by atoms with Crippen LogP contribution in [-0.4, -0.2) is 31.7 Å². The van der Waals surface area contributed by atoms with Gasteiger partial charge in [0.1, 0.15) is 0 Å². The van der Waals surface area contributed by atoms with E-state index in [0.717, 1.165) is 11.3 Å². The van der Waals surface area contributed by atoms with Crippen LogP contribution in [0.5, 0.6) is 0 Å². The second-order valence-corrected chi connectivity index (χ2v) is 8.07. The Hall–Kier alpha value is -0.210. The highest BCUT2D eigenvalue weighted by molar-refractivity contribution is 7.91. The standard InChI is InChI=1S/C11H19ClN2O3S2/c1-4-11(5-2,7-15)6-13-19(16,17)9-8(3)14-10(12)18-9/h13,15H,4-7H2,1-3H3. The molecule has 0 fully saturated rings. The van der Waals surface area contributed by atoms with Gasteiger partial charge in [0.25, 0.3) is 10.0 Å². The topological polar surface area (TPSA) is 79.3 Å². The third kappa shape index (κ3) is 3.88. The van der Waals surface area contributed by atoms with E-state index in [1.807, 2.05) is 13.8 Å². The maximum atomic E-state index is 12.2. The summed E-state index contributed by atoms with van der Waals surface area (Å²) in [5.74, 6) is 0. The molecule has 0 aliphatic carbocycles. The summed E-state index contributed by atoms with van der Waals surface area (Å²) in [7, 11) is -3.62. The van der Waals surface area contributed by atoms with Crippen molar-refractivity contribution in [3.63, 3.8) is 0 Å². The van der Waals surface area contributed by atoms with Gasteiger partial charge in [0, 0.05) is 18.6 Å². The average Bonchev–Trinajstić information content (AvgIpc) is 2.72. The number of aliphatic hydroxyl groups excluding tert-OH is 1. The Morgan fingerprint density at radius 3 is 2.37 bits per heavy atom. The molecular weight excluding hydrogens is 308 g/mol. The van der Waals surface area contributed by atoms with Crippen molar-refractivity contribution in [1.82, 2.24) is 9.71 Å². The fourth-order valence-electron chi connectivity index (χ4n) is 1.69. The molecule has 0 aliphatic heterocycles. The van der Waals surface area contributed by atoms with Crippen LogP contribution in [-0.2, 0) is 10.0 Å². The van der Waals surface area contributed by atoms with Crippen LogP contribution < -0.4 is 4.72 Å². The summed E-state index contributed by atoms with van der Waals surface area (Å²) in [5.41, 5.74) is -0.0276. The van der Waals surface area contributed by atoms with E-state index < -0.39 is 15.4 Å². The lowest BCUT2D eigenvalue weighted by Crippen LogP contribution is -2.39. The van der Waals surface area contributed by atoms with E-state index in [2.05, 4.69) is 9.71 Å². The minimum absolute atomic E-state index is 0.0506. The molecule has 2 N–H and O–H groups in total. The zero-order chi connectivity index (χ0) is 14.7. The third-order valence-corrected chi connectivity index (χ3v) is 6.72. The molecular formula is C11H19ClN2O3S2. The van der Waals surface area contributed by atoms with Gasteiger partial charge in [-0.1, -0.05) is 36.8 Å². The molecule has 0 bridgehead atoms. The average molecular weight is 327 g/mol. The molecule has 0 unspecified atom stereocenters. The first-order valence-corrected chi connectivity index (χ1v) is 8.71. The number of halogens is 1. The molecule has 1 rings (SSSR count). The first kappa shape index (κ1) is 16.8. The second kappa shape index (κ2) is 6.49. The predicted molar refractivity (Wildman–Crippen MR) is 77.2 cm³/mol. The summed E-state index contributed by atoms with van der Waals surface area (Å²) in [5, 5.41) is 9.44. The number of sulfonamides is 1. The first-order valence-electron chi connectivity index (χ1n) is 6.03. The first-order chi connectivity index (χ1) is 8.80. The smallest absolute Gasteiger partial charge is 0.252 e. The highest BCUT2D eigenvalue weighted by Crippen LogP contribution is 2.29. The van der Waals surface area contributed by atoms with Crippen molar-refractivity contribution < 1.29 is 13.5 Å². The Labute approximate surface area is 123 Å². The molecule has 0 amide bonds. The van der Waals surface area contributed by atoms with Crippen LogP contribution >= 0.6 is 22.9 Å². The van der Waals surface area contributed by atoms with Gasteiger partial charge in [-0.3, -0.25) is 0 Å². The minimum Gasteiger partial charge on any atom is -0.396 e. The highest BCUT2D eigenvalue weighted by Gasteiger charge is 2.29. The van der Waals surface area contributed by atoms with Crippen LogP contribution in [0, 0.1) is 12.3 Å². The molecule has 1 aromatic heterocycles. The summed E-state index contributed by atoms with van der Waals surface area (Å²) in [6.45, 7) is 5.63. The molecule has 0 saturated heterocycles. The van der Waals surface area contributed by atoms with E-state index in [-0.39, 0.29) is 21.8 Å². The number of rotatable bonds is 7. The quantitative estimate of drug-likeness (QED) is 0.805. The van der Waals surface area contributed by atoms with Crippen molar-refractivity contribution in [1.29, 1.82) is 0 Å². The Balaban J connectivity index is 2.90. The largest absolute Gasteiger partial charge is 0.396 e. The number of hydrogen-bond acceptors (Lipinski definition) is 5. The van der Waals surface area contributed by atoms with Crippen LogP contribution in [0.4, 0.5) is 0 Å². The van der Waals surface area contributed by atoms with Gasteiger partial charge in [-0.05, 0) is 19.8 Å². The van der Waals surface area contributed by atoms with Crippen molar-refractivity contribution in [3.05, 3.63) is 10.2 Å². The molecule has 8 heteroatoms. The number of aryl methyl sites for hydroxylation is 1. The van der Waals surface area contributed by atoms with Gasteiger partial charge in [-0.25, -0.2) is 18.1 Å². The van der Waals surface area contributed by atoms with Gasteiger partial charge in [0.2, 0.25) is 0 Å². The number of nitrogens with zero attached hydrogens (tertiary/aromatic N) is 1. The second-order valence-electron chi connectivity index (χ2n) is 4.53. The fourth-order valence-corrected chi connectivity index (χ4v) is 4.63. The zero-order valence-electron chi connectivity index (χ0n) is 11.2. The lowest BCUT2D eigenvalue weighted by Gasteiger charge is -2.29. The zero-order valence-corrected chi connectivity index (χ0v) is 13.6. The molecule has 5 nitrogen and oxygen atoms in total. The minimum atomic E-state index is -3.62. The van der Waals surface area contributed by atoms with Crippen LogP contribution in [0.1, 0.15) is 32.4 Å². The monoisotopic (exact) mass is 326 g/mol. The van der Waals surface area contributed by atoms with Gasteiger partial charge in [0.05, 0.1) is 5.69 Å². The van der Waals surface area contributed by atoms with Gasteiger partial charge < -0.3 is 5.11 Å². The van der Waals surface area contributed by atoms with Crippen molar-refractivity contribution in [2.24, 2.45) is 5.41 Å². The molecule has 0 saturated carbocycles. The molecule has 0 radical (unpaired) electrons. The highest BCUT2D eigenvalue weighted by atomic mass is 35.5. The summed E-state index contributed by atoms with van der Waals surface area (Å²) in [4.78, 5) is 3.90. The van der Waals surface area contributed by atoms with E-state index in [1.54, 1.807) is 6.92 Å². The number of hydrogen-bond donors (Lipinski definition) is 2. The molecule has 19 heavy (non-hydrogen) atoms. The molecule has 0 atom stereocenters. The van der Waals surface area contributed by atoms with Crippen LogP contribution in [0.25, 0.3) is 0 Å². The third-order valence-electron chi connectivity index (χ3n) is 3.44. The van der Waals surface area contributed by atoms with Crippen molar-refractivity contribution in [2.75, 3.05) is 13.2 Å². The normalized spacial score (nSPS) is 12.9. The van der Waals surface area contributed by atoms with E-state index in [9.17, 15) is 13.5 Å². The molecule has 0 aromatic carbocycles. The van der Waals surface area contributed by atoms with E-state index in [4.69, 9.17) is 11.6 Å². The lowest BCUT2D eigenvalue weighted by molar-refractivity contribution is 0.119. The summed E-state index contributed by atoms with van der Waals surface area (Å²) in [6.07, 6.45) is 1.40. The SMILES string of the molecule is CCC(CC)(CO)CNS(=O)(=O)c1sc(Cl)nc1C. The molecule has 1 heterocycles. The van der Waals surface area contributed by atoms with Gasteiger partial charge in [0.15, 0.2) is 8.68 Å². The molecule has 1 aromatic rings. The molecule has 0 aliphatic rings. The van der Waals surface area contributed by atoms with Crippen molar-refractivity contribution in [3.8, 4) is 0 Å². The number of nitrogens with one attached hydrogen (secondary N) is 1. The van der Waals surface area contributed by atoms with E-state index >= 15 is 0 Å². The lowest BCUT2D eigenvalue weighted by atomic mass is 9.84. The number of aromatic nitrogens is 1. The van der Waals surface area contributed by atoms with Crippen LogP contribution in [0.3, 0.4) is 0 Å². The van der Waals surface area contributed by atoms with Gasteiger partial charge in [-0.2, -0.15) is 0 Å². The maximum Gasteiger partial charge on any atom is 0.252 e. The molecule has 110 valence electrons.